The number of rotatable bonds is 4. The Labute approximate surface area is 150 Å². The number of hydrogen-bond donors (Lipinski definition) is 2. The van der Waals surface area contributed by atoms with Gasteiger partial charge >= 0.3 is 0 Å². The van der Waals surface area contributed by atoms with Gasteiger partial charge in [0.2, 0.25) is 0 Å². The molecular formula is C17H24N4O3S. The van der Waals surface area contributed by atoms with E-state index < -0.39 is 0 Å². The Bertz CT molecular complexity index is 857. The van der Waals surface area contributed by atoms with E-state index in [1.165, 1.54) is 11.3 Å². The molecule has 0 unspecified atom stereocenters. The van der Waals surface area contributed by atoms with E-state index in [1.54, 1.807) is 21.0 Å². The highest BCUT2D eigenvalue weighted by Crippen LogP contribution is 2.27. The van der Waals surface area contributed by atoms with Gasteiger partial charge in [-0.3, -0.25) is 14.5 Å². The van der Waals surface area contributed by atoms with E-state index in [-0.39, 0.29) is 23.6 Å². The predicted molar refractivity (Wildman–Crippen MR) is 98.5 cm³/mol. The zero-order valence-electron chi connectivity index (χ0n) is 15.2. The van der Waals surface area contributed by atoms with Crippen LogP contribution in [0, 0.1) is 13.8 Å². The lowest BCUT2D eigenvalue weighted by atomic mass is 10.1. The highest BCUT2D eigenvalue weighted by molar-refractivity contribution is 7.20. The molecule has 0 bridgehead atoms. The summed E-state index contributed by atoms with van der Waals surface area (Å²) in [5.74, 6) is 0.378. The summed E-state index contributed by atoms with van der Waals surface area (Å²) in [6.07, 6.45) is -0.0372. The number of carbonyl (C=O) groups is 1. The van der Waals surface area contributed by atoms with Crippen LogP contribution in [0.1, 0.15) is 34.9 Å². The van der Waals surface area contributed by atoms with Crippen molar-refractivity contribution in [1.82, 2.24) is 20.2 Å². The fourth-order valence-electron chi connectivity index (χ4n) is 3.30. The average Bonchev–Trinajstić information content (AvgIpc) is 3.08. The van der Waals surface area contributed by atoms with E-state index in [2.05, 4.69) is 34.0 Å². The number of nitrogens with zero attached hydrogens (tertiary/aromatic N) is 2. The van der Waals surface area contributed by atoms with Gasteiger partial charge in [-0.15, -0.1) is 11.3 Å². The minimum Gasteiger partial charge on any atom is -0.378 e. The number of carbonyl (C=O) groups excluding carboxylic acids is 1. The first-order chi connectivity index (χ1) is 11.8. The molecule has 3 rings (SSSR count). The molecule has 1 aliphatic rings. The Kier molecular flexibility index (Phi) is 4.95. The molecule has 0 aliphatic carbocycles. The monoisotopic (exact) mass is 364 g/mol. The lowest BCUT2D eigenvalue weighted by molar-refractivity contribution is 0.0755. The lowest BCUT2D eigenvalue weighted by Gasteiger charge is -2.19. The van der Waals surface area contributed by atoms with Crippen molar-refractivity contribution in [3.05, 3.63) is 26.6 Å². The molecule has 2 N–H and O–H groups in total. The molecule has 1 amide bonds. The second-order valence-corrected chi connectivity index (χ2v) is 7.79. The topological polar surface area (TPSA) is 87.3 Å². The summed E-state index contributed by atoms with van der Waals surface area (Å²) >= 11 is 1.26. The van der Waals surface area contributed by atoms with E-state index >= 15 is 0 Å². The molecular weight excluding hydrogens is 340 g/mol. The van der Waals surface area contributed by atoms with Crippen LogP contribution in [-0.2, 0) is 4.74 Å². The van der Waals surface area contributed by atoms with Crippen molar-refractivity contribution in [1.29, 1.82) is 0 Å². The number of methoxy groups -OCH3 is 1. The third kappa shape index (κ3) is 3.33. The van der Waals surface area contributed by atoms with Crippen molar-refractivity contribution in [3.63, 3.8) is 0 Å². The van der Waals surface area contributed by atoms with Crippen LogP contribution in [0.4, 0.5) is 0 Å². The largest absolute Gasteiger partial charge is 0.378 e. The number of amides is 1. The van der Waals surface area contributed by atoms with Crippen LogP contribution in [0.5, 0.6) is 0 Å². The number of ether oxygens (including phenoxy) is 1. The molecule has 3 heterocycles. The fourth-order valence-corrected chi connectivity index (χ4v) is 4.43. The molecule has 2 aromatic heterocycles. The minimum absolute atomic E-state index is 0.0372. The molecule has 1 fully saturated rings. The summed E-state index contributed by atoms with van der Waals surface area (Å²) in [7, 11) is 1.67. The number of aromatic nitrogens is 2. The number of thiophene rings is 1. The summed E-state index contributed by atoms with van der Waals surface area (Å²) in [6.45, 7) is 9.34. The fraction of sp³-hybridized carbons (Fsp3) is 0.588. The Hall–Kier alpha value is -1.77. The number of fused-ring (bicyclic) bond motifs is 1. The second kappa shape index (κ2) is 6.86. The lowest BCUT2D eigenvalue weighted by Crippen LogP contribution is -2.43. The van der Waals surface area contributed by atoms with E-state index in [0.29, 0.717) is 32.5 Å². The van der Waals surface area contributed by atoms with Gasteiger partial charge in [0.25, 0.3) is 11.5 Å². The first kappa shape index (κ1) is 18.0. The molecule has 2 atom stereocenters. The summed E-state index contributed by atoms with van der Waals surface area (Å²) < 4.78 is 5.54. The van der Waals surface area contributed by atoms with Gasteiger partial charge in [-0.2, -0.15) is 0 Å². The molecule has 8 heteroatoms. The van der Waals surface area contributed by atoms with Crippen molar-refractivity contribution in [2.75, 3.05) is 20.2 Å². The standard InChI is InChI=1S/C17H24N4O3S/c1-8(2)21-6-11(12(7-21)24-5)20-16(23)14-9(3)13-15(22)18-10(4)19-17(13)25-14/h8,11-12H,6-7H2,1-5H3,(H,20,23)(H,18,19,22)/t11-,12-/m0/s1. The molecule has 136 valence electrons. The molecule has 0 aromatic carbocycles. The van der Waals surface area contributed by atoms with Crippen molar-refractivity contribution in [3.8, 4) is 0 Å². The number of nitrogens with one attached hydrogen (secondary N) is 2. The van der Waals surface area contributed by atoms with Gasteiger partial charge in [-0.05, 0) is 33.3 Å². The van der Waals surface area contributed by atoms with Crippen molar-refractivity contribution < 1.29 is 9.53 Å². The van der Waals surface area contributed by atoms with E-state index in [0.717, 1.165) is 13.1 Å². The maximum absolute atomic E-state index is 12.8. The zero-order chi connectivity index (χ0) is 18.3. The highest BCUT2D eigenvalue weighted by atomic mass is 32.1. The molecule has 0 saturated carbocycles. The van der Waals surface area contributed by atoms with Gasteiger partial charge in [0.1, 0.15) is 10.7 Å². The first-order valence-corrected chi connectivity index (χ1v) is 9.21. The molecule has 1 saturated heterocycles. The van der Waals surface area contributed by atoms with Crippen LogP contribution < -0.4 is 10.9 Å². The van der Waals surface area contributed by atoms with Gasteiger partial charge in [0.15, 0.2) is 0 Å². The van der Waals surface area contributed by atoms with Gasteiger partial charge in [0, 0.05) is 26.2 Å². The van der Waals surface area contributed by atoms with Crippen LogP contribution in [0.25, 0.3) is 10.2 Å². The number of aryl methyl sites for hydroxylation is 2. The Morgan fingerprint density at radius 3 is 2.76 bits per heavy atom. The number of aromatic amines is 1. The highest BCUT2D eigenvalue weighted by Gasteiger charge is 2.35. The Morgan fingerprint density at radius 2 is 2.12 bits per heavy atom. The van der Waals surface area contributed by atoms with Crippen LogP contribution in [-0.4, -0.2) is 59.2 Å². The van der Waals surface area contributed by atoms with Crippen molar-refractivity contribution >= 4 is 27.5 Å². The molecule has 2 aromatic rings. The molecule has 1 aliphatic heterocycles. The smallest absolute Gasteiger partial charge is 0.262 e. The average molecular weight is 364 g/mol. The number of hydrogen-bond acceptors (Lipinski definition) is 6. The summed E-state index contributed by atoms with van der Waals surface area (Å²) in [5, 5.41) is 3.58. The zero-order valence-corrected chi connectivity index (χ0v) is 16.0. The van der Waals surface area contributed by atoms with Gasteiger partial charge in [-0.25, -0.2) is 4.98 Å². The maximum atomic E-state index is 12.8. The third-order valence-electron chi connectivity index (χ3n) is 4.77. The predicted octanol–water partition coefficient (Wildman–Crippen LogP) is 1.44. The van der Waals surface area contributed by atoms with Crippen LogP contribution in [0.15, 0.2) is 4.79 Å². The first-order valence-electron chi connectivity index (χ1n) is 8.39. The van der Waals surface area contributed by atoms with E-state index in [1.807, 2.05) is 0 Å². The molecule has 7 nitrogen and oxygen atoms in total. The SMILES string of the molecule is CO[C@H]1CN(C(C)C)C[C@@H]1NC(=O)c1sc2nc(C)[nH]c(=O)c2c1C. The Balaban J connectivity index is 1.86. The minimum atomic E-state index is -0.197. The second-order valence-electron chi connectivity index (χ2n) is 6.79. The maximum Gasteiger partial charge on any atom is 0.262 e. The van der Waals surface area contributed by atoms with Crippen molar-refractivity contribution in [2.45, 2.75) is 45.9 Å². The quantitative estimate of drug-likeness (QED) is 0.857. The normalized spacial score (nSPS) is 21.4. The summed E-state index contributed by atoms with van der Waals surface area (Å²) in [5.41, 5.74) is 0.482. The van der Waals surface area contributed by atoms with E-state index in [9.17, 15) is 9.59 Å². The molecule has 0 radical (unpaired) electrons. The van der Waals surface area contributed by atoms with Gasteiger partial charge in [-0.1, -0.05) is 0 Å². The summed E-state index contributed by atoms with van der Waals surface area (Å²) in [6, 6.07) is 0.328. The molecule has 25 heavy (non-hydrogen) atoms. The van der Waals surface area contributed by atoms with Crippen LogP contribution in [0.3, 0.4) is 0 Å². The van der Waals surface area contributed by atoms with Crippen molar-refractivity contribution in [2.24, 2.45) is 0 Å². The number of likely N-dealkylation sites (tertiary alicyclic amines) is 1. The van der Waals surface area contributed by atoms with Crippen LogP contribution >= 0.6 is 11.3 Å². The number of H-pyrrole nitrogens is 1. The Morgan fingerprint density at radius 1 is 1.40 bits per heavy atom. The third-order valence-corrected chi connectivity index (χ3v) is 5.95. The van der Waals surface area contributed by atoms with Gasteiger partial charge < -0.3 is 15.0 Å². The summed E-state index contributed by atoms with van der Waals surface area (Å²) in [4.78, 5) is 35.4. The van der Waals surface area contributed by atoms with E-state index in [4.69, 9.17) is 4.74 Å². The molecule has 0 spiro atoms. The van der Waals surface area contributed by atoms with Gasteiger partial charge in [0.05, 0.1) is 22.4 Å². The van der Waals surface area contributed by atoms with Crippen LogP contribution in [0.2, 0.25) is 0 Å².